The van der Waals surface area contributed by atoms with Crippen LogP contribution in [0.2, 0.25) is 0 Å². The highest BCUT2D eigenvalue weighted by molar-refractivity contribution is 5.67. The summed E-state index contributed by atoms with van der Waals surface area (Å²) in [6.07, 6.45) is -5.45. The Labute approximate surface area is 114 Å². The van der Waals surface area contributed by atoms with E-state index in [9.17, 15) is 13.2 Å². The zero-order valence-electron chi connectivity index (χ0n) is 10.9. The second-order valence-corrected chi connectivity index (χ2v) is 4.48. The molecule has 0 saturated carbocycles. The number of aryl methyl sites for hydroxylation is 1. The molecule has 0 aliphatic heterocycles. The molecular formula is C14H14F3N3. The smallest absolute Gasteiger partial charge is 0.383 e. The van der Waals surface area contributed by atoms with Gasteiger partial charge in [0.15, 0.2) is 0 Å². The Hall–Kier alpha value is -2.11. The molecule has 106 valence electrons. The van der Waals surface area contributed by atoms with E-state index >= 15 is 0 Å². The van der Waals surface area contributed by atoms with Crippen LogP contribution in [0.1, 0.15) is 17.8 Å². The molecule has 0 bridgehead atoms. The molecule has 1 aromatic heterocycles. The number of alkyl halides is 3. The lowest BCUT2D eigenvalue weighted by molar-refractivity contribution is -0.134. The van der Waals surface area contributed by atoms with Gasteiger partial charge in [0.25, 0.3) is 0 Å². The first kappa shape index (κ1) is 14.3. The third kappa shape index (κ3) is 3.46. The maximum atomic E-state index is 12.3. The standard InChI is InChI=1S/C14H14F3N3/c1-9-12(10-5-3-2-4-6-10)19-11(20-13(9)18)7-8-14(15,16)17/h2-6H,7-8H2,1H3,(H2,18,19,20). The van der Waals surface area contributed by atoms with Crippen LogP contribution >= 0.6 is 0 Å². The van der Waals surface area contributed by atoms with E-state index in [2.05, 4.69) is 9.97 Å². The molecule has 0 unspecified atom stereocenters. The van der Waals surface area contributed by atoms with Crippen LogP contribution in [-0.2, 0) is 6.42 Å². The van der Waals surface area contributed by atoms with Crippen molar-refractivity contribution in [1.82, 2.24) is 9.97 Å². The predicted molar refractivity (Wildman–Crippen MR) is 71.0 cm³/mol. The monoisotopic (exact) mass is 281 g/mol. The topological polar surface area (TPSA) is 51.8 Å². The van der Waals surface area contributed by atoms with E-state index in [1.807, 2.05) is 30.3 Å². The number of nitrogen functional groups attached to an aromatic ring is 1. The molecule has 2 N–H and O–H groups in total. The van der Waals surface area contributed by atoms with Crippen molar-refractivity contribution in [2.45, 2.75) is 25.9 Å². The summed E-state index contributed by atoms with van der Waals surface area (Å²) in [5, 5.41) is 0. The number of hydrogen-bond donors (Lipinski definition) is 1. The van der Waals surface area contributed by atoms with Gasteiger partial charge in [-0.1, -0.05) is 30.3 Å². The number of halogens is 3. The maximum Gasteiger partial charge on any atom is 0.389 e. The molecule has 0 atom stereocenters. The van der Waals surface area contributed by atoms with Gasteiger partial charge in [-0.2, -0.15) is 13.2 Å². The Morgan fingerprint density at radius 2 is 1.75 bits per heavy atom. The minimum Gasteiger partial charge on any atom is -0.383 e. The van der Waals surface area contributed by atoms with Crippen molar-refractivity contribution >= 4 is 5.82 Å². The van der Waals surface area contributed by atoms with Crippen molar-refractivity contribution in [3.63, 3.8) is 0 Å². The number of hydrogen-bond acceptors (Lipinski definition) is 3. The molecule has 1 aromatic carbocycles. The second kappa shape index (κ2) is 5.48. The number of benzene rings is 1. The Morgan fingerprint density at radius 1 is 1.10 bits per heavy atom. The minimum absolute atomic E-state index is 0.115. The summed E-state index contributed by atoms with van der Waals surface area (Å²) < 4.78 is 36.8. The molecule has 0 aliphatic carbocycles. The Morgan fingerprint density at radius 3 is 2.35 bits per heavy atom. The molecule has 2 aromatic rings. The lowest BCUT2D eigenvalue weighted by Gasteiger charge is -2.11. The fraction of sp³-hybridized carbons (Fsp3) is 0.286. The summed E-state index contributed by atoms with van der Waals surface area (Å²) in [5.74, 6) is 0.334. The lowest BCUT2D eigenvalue weighted by atomic mass is 10.1. The third-order valence-corrected chi connectivity index (χ3v) is 2.91. The van der Waals surface area contributed by atoms with Crippen molar-refractivity contribution in [3.05, 3.63) is 41.7 Å². The summed E-state index contributed by atoms with van der Waals surface area (Å²) >= 11 is 0. The van der Waals surface area contributed by atoms with Crippen LogP contribution in [0.25, 0.3) is 11.3 Å². The number of aromatic nitrogens is 2. The van der Waals surface area contributed by atoms with Crippen LogP contribution in [0.3, 0.4) is 0 Å². The largest absolute Gasteiger partial charge is 0.389 e. The molecule has 20 heavy (non-hydrogen) atoms. The van der Waals surface area contributed by atoms with Crippen LogP contribution in [0.4, 0.5) is 19.0 Å². The van der Waals surface area contributed by atoms with Crippen molar-refractivity contribution in [2.75, 3.05) is 5.73 Å². The SMILES string of the molecule is Cc1c(N)nc(CCC(F)(F)F)nc1-c1ccccc1. The number of nitrogens with zero attached hydrogens (tertiary/aromatic N) is 2. The fourth-order valence-corrected chi connectivity index (χ4v) is 1.82. The molecule has 2 rings (SSSR count). The lowest BCUT2D eigenvalue weighted by Crippen LogP contribution is -2.12. The molecule has 0 amide bonds. The molecule has 0 aliphatic rings. The highest BCUT2D eigenvalue weighted by atomic mass is 19.4. The summed E-state index contributed by atoms with van der Waals surface area (Å²) in [5.41, 5.74) is 7.83. The Balaban J connectivity index is 2.35. The van der Waals surface area contributed by atoms with Crippen molar-refractivity contribution in [1.29, 1.82) is 0 Å². The van der Waals surface area contributed by atoms with Gasteiger partial charge >= 0.3 is 6.18 Å². The van der Waals surface area contributed by atoms with Gasteiger partial charge in [-0.25, -0.2) is 9.97 Å². The average molecular weight is 281 g/mol. The first-order chi connectivity index (χ1) is 9.37. The van der Waals surface area contributed by atoms with E-state index in [1.54, 1.807) is 6.92 Å². The summed E-state index contributed by atoms with van der Waals surface area (Å²) in [7, 11) is 0. The van der Waals surface area contributed by atoms with Gasteiger partial charge in [-0.15, -0.1) is 0 Å². The van der Waals surface area contributed by atoms with Crippen molar-refractivity contribution in [3.8, 4) is 11.3 Å². The van der Waals surface area contributed by atoms with Crippen LogP contribution in [0.15, 0.2) is 30.3 Å². The average Bonchev–Trinajstić information content (AvgIpc) is 2.40. The molecule has 0 spiro atoms. The fourth-order valence-electron chi connectivity index (χ4n) is 1.82. The summed E-state index contributed by atoms with van der Waals surface area (Å²) in [4.78, 5) is 8.14. The Bertz CT molecular complexity index is 595. The van der Waals surface area contributed by atoms with Gasteiger partial charge in [0.1, 0.15) is 11.6 Å². The molecule has 3 nitrogen and oxygen atoms in total. The molecule has 0 saturated heterocycles. The molecule has 1 heterocycles. The number of rotatable bonds is 3. The predicted octanol–water partition coefficient (Wildman–Crippen LogP) is 3.53. The summed E-state index contributed by atoms with van der Waals surface area (Å²) in [6, 6.07) is 9.20. The van der Waals surface area contributed by atoms with Crippen LogP contribution in [0.5, 0.6) is 0 Å². The number of nitrogens with two attached hydrogens (primary N) is 1. The van der Waals surface area contributed by atoms with E-state index in [0.29, 0.717) is 11.3 Å². The summed E-state index contributed by atoms with van der Waals surface area (Å²) in [6.45, 7) is 1.76. The number of anilines is 1. The van der Waals surface area contributed by atoms with Crippen LogP contribution < -0.4 is 5.73 Å². The van der Waals surface area contributed by atoms with Gasteiger partial charge in [0.05, 0.1) is 12.1 Å². The molecule has 0 fully saturated rings. The zero-order valence-corrected chi connectivity index (χ0v) is 10.9. The molecular weight excluding hydrogens is 267 g/mol. The molecule has 0 radical (unpaired) electrons. The second-order valence-electron chi connectivity index (χ2n) is 4.48. The van der Waals surface area contributed by atoms with Crippen molar-refractivity contribution in [2.24, 2.45) is 0 Å². The third-order valence-electron chi connectivity index (χ3n) is 2.91. The van der Waals surface area contributed by atoms with Gasteiger partial charge in [0.2, 0.25) is 0 Å². The van der Waals surface area contributed by atoms with Gasteiger partial charge in [-0.05, 0) is 6.92 Å². The van der Waals surface area contributed by atoms with Crippen LogP contribution in [-0.4, -0.2) is 16.1 Å². The van der Waals surface area contributed by atoms with Gasteiger partial charge in [0, 0.05) is 17.5 Å². The normalized spacial score (nSPS) is 11.6. The highest BCUT2D eigenvalue weighted by Gasteiger charge is 2.27. The first-order valence-corrected chi connectivity index (χ1v) is 6.12. The van der Waals surface area contributed by atoms with E-state index in [1.165, 1.54) is 0 Å². The zero-order chi connectivity index (χ0) is 14.8. The Kier molecular flexibility index (Phi) is 3.92. The van der Waals surface area contributed by atoms with Gasteiger partial charge in [-0.3, -0.25) is 0 Å². The van der Waals surface area contributed by atoms with Crippen LogP contribution in [0, 0.1) is 6.92 Å². The van der Waals surface area contributed by atoms with Crippen molar-refractivity contribution < 1.29 is 13.2 Å². The van der Waals surface area contributed by atoms with Gasteiger partial charge < -0.3 is 5.73 Å². The quantitative estimate of drug-likeness (QED) is 0.936. The highest BCUT2D eigenvalue weighted by Crippen LogP contribution is 2.26. The first-order valence-electron chi connectivity index (χ1n) is 6.12. The maximum absolute atomic E-state index is 12.3. The van der Waals surface area contributed by atoms with E-state index in [-0.39, 0.29) is 18.1 Å². The van der Waals surface area contributed by atoms with E-state index in [4.69, 9.17) is 5.73 Å². The minimum atomic E-state index is -4.23. The van der Waals surface area contributed by atoms with E-state index in [0.717, 1.165) is 5.56 Å². The van der Waals surface area contributed by atoms with E-state index < -0.39 is 12.6 Å². The molecule has 6 heteroatoms.